The first-order chi connectivity index (χ1) is 13.6. The first-order valence-corrected chi connectivity index (χ1v) is 9.57. The summed E-state index contributed by atoms with van der Waals surface area (Å²) in [4.78, 5) is 26.6. The Kier molecular flexibility index (Phi) is 6.57. The Labute approximate surface area is 163 Å². The molecule has 7 heteroatoms. The zero-order chi connectivity index (χ0) is 19.9. The zero-order valence-electron chi connectivity index (χ0n) is 16.3. The molecule has 3 rings (SSSR count). The molecule has 0 aliphatic heterocycles. The van der Waals surface area contributed by atoms with Gasteiger partial charge in [-0.1, -0.05) is 6.07 Å². The van der Waals surface area contributed by atoms with Crippen LogP contribution in [0.15, 0.2) is 35.4 Å². The lowest BCUT2D eigenvalue weighted by molar-refractivity contribution is -0.141. The molecule has 1 aromatic carbocycles. The average Bonchev–Trinajstić information content (AvgIpc) is 3.33. The summed E-state index contributed by atoms with van der Waals surface area (Å²) in [5.41, 5.74) is 1.14. The molecule has 1 fully saturated rings. The standard InChI is InChI=1S/C21H26N2O5/c1-3-27-20(24)13-16(14-23-11-10-22-21(23)25)15-8-9-18(26-2)19(12-15)28-17-6-4-5-7-17/h8-12,14,17H,3-7,13H2,1-2H3,(H,22,25)/b16-14+. The van der Waals surface area contributed by atoms with Crippen molar-refractivity contribution in [3.05, 3.63) is 46.6 Å². The van der Waals surface area contributed by atoms with E-state index in [1.54, 1.807) is 32.6 Å². The van der Waals surface area contributed by atoms with Gasteiger partial charge in [-0.15, -0.1) is 0 Å². The first-order valence-electron chi connectivity index (χ1n) is 9.57. The highest BCUT2D eigenvalue weighted by atomic mass is 16.5. The number of H-pyrrole nitrogens is 1. The average molecular weight is 386 g/mol. The van der Waals surface area contributed by atoms with Crippen LogP contribution in [0.3, 0.4) is 0 Å². The molecule has 2 aromatic rings. The normalized spacial score (nSPS) is 14.9. The Balaban J connectivity index is 1.96. The fourth-order valence-electron chi connectivity index (χ4n) is 3.34. The molecule has 0 spiro atoms. The molecule has 1 aromatic heterocycles. The van der Waals surface area contributed by atoms with Crippen LogP contribution < -0.4 is 15.2 Å². The summed E-state index contributed by atoms with van der Waals surface area (Å²) >= 11 is 0. The van der Waals surface area contributed by atoms with Gasteiger partial charge >= 0.3 is 11.7 Å². The van der Waals surface area contributed by atoms with Crippen molar-refractivity contribution >= 4 is 17.7 Å². The maximum absolute atomic E-state index is 12.1. The van der Waals surface area contributed by atoms with E-state index in [9.17, 15) is 9.59 Å². The Morgan fingerprint density at radius 1 is 1.29 bits per heavy atom. The second kappa shape index (κ2) is 9.30. The van der Waals surface area contributed by atoms with Crippen molar-refractivity contribution in [2.75, 3.05) is 13.7 Å². The number of rotatable bonds is 8. The van der Waals surface area contributed by atoms with Gasteiger partial charge in [-0.05, 0) is 55.9 Å². The zero-order valence-corrected chi connectivity index (χ0v) is 16.3. The number of nitrogens with one attached hydrogen (secondary N) is 1. The topological polar surface area (TPSA) is 82.6 Å². The summed E-state index contributed by atoms with van der Waals surface area (Å²) in [5.74, 6) is 0.930. The molecule has 0 amide bonds. The summed E-state index contributed by atoms with van der Waals surface area (Å²) in [7, 11) is 1.60. The van der Waals surface area contributed by atoms with Crippen LogP contribution in [0, 0.1) is 0 Å². The number of carbonyl (C=O) groups is 1. The quantitative estimate of drug-likeness (QED) is 0.703. The smallest absolute Gasteiger partial charge is 0.329 e. The van der Waals surface area contributed by atoms with Crippen molar-refractivity contribution in [1.82, 2.24) is 9.55 Å². The fraction of sp³-hybridized carbons (Fsp3) is 0.429. The molecule has 28 heavy (non-hydrogen) atoms. The van der Waals surface area contributed by atoms with Crippen molar-refractivity contribution in [3.8, 4) is 11.5 Å². The molecule has 0 bridgehead atoms. The lowest BCUT2D eigenvalue weighted by atomic mass is 10.0. The molecule has 150 valence electrons. The third-order valence-corrected chi connectivity index (χ3v) is 4.74. The third kappa shape index (κ3) is 4.85. The summed E-state index contributed by atoms with van der Waals surface area (Å²) in [6.07, 6.45) is 9.38. The van der Waals surface area contributed by atoms with Crippen LogP contribution >= 0.6 is 0 Å². The lowest BCUT2D eigenvalue weighted by Gasteiger charge is -2.17. The minimum Gasteiger partial charge on any atom is -0.493 e. The van der Waals surface area contributed by atoms with Crippen LogP contribution in [0.2, 0.25) is 0 Å². The van der Waals surface area contributed by atoms with Crippen LogP contribution in [-0.2, 0) is 9.53 Å². The van der Waals surface area contributed by atoms with E-state index >= 15 is 0 Å². The number of aromatic nitrogens is 2. The summed E-state index contributed by atoms with van der Waals surface area (Å²) in [6, 6.07) is 5.53. The number of ether oxygens (including phenoxy) is 3. The Bertz CT molecular complexity index is 890. The van der Waals surface area contributed by atoms with Gasteiger partial charge in [0, 0.05) is 18.6 Å². The van der Waals surface area contributed by atoms with Gasteiger partial charge < -0.3 is 19.2 Å². The van der Waals surface area contributed by atoms with Crippen LogP contribution in [0.1, 0.15) is 44.6 Å². The van der Waals surface area contributed by atoms with Crippen LogP contribution in [0.4, 0.5) is 0 Å². The van der Waals surface area contributed by atoms with E-state index in [1.807, 2.05) is 18.2 Å². The van der Waals surface area contributed by atoms with Crippen molar-refractivity contribution in [3.63, 3.8) is 0 Å². The second-order valence-electron chi connectivity index (χ2n) is 6.70. The van der Waals surface area contributed by atoms with Crippen LogP contribution in [-0.4, -0.2) is 35.3 Å². The van der Waals surface area contributed by atoms with Crippen LogP contribution in [0.5, 0.6) is 11.5 Å². The Hall–Kier alpha value is -2.96. The predicted molar refractivity (Wildman–Crippen MR) is 106 cm³/mol. The molecular weight excluding hydrogens is 360 g/mol. The van der Waals surface area contributed by atoms with Gasteiger partial charge in [-0.2, -0.15) is 0 Å². The van der Waals surface area contributed by atoms with Crippen molar-refractivity contribution < 1.29 is 19.0 Å². The van der Waals surface area contributed by atoms with Crippen molar-refractivity contribution in [2.45, 2.75) is 45.1 Å². The molecule has 0 saturated heterocycles. The number of imidazole rings is 1. The number of methoxy groups -OCH3 is 1. The van der Waals surface area contributed by atoms with E-state index in [0.29, 0.717) is 23.7 Å². The highest BCUT2D eigenvalue weighted by molar-refractivity contribution is 5.90. The minimum absolute atomic E-state index is 0.0423. The van der Waals surface area contributed by atoms with Crippen molar-refractivity contribution in [1.29, 1.82) is 0 Å². The van der Waals surface area contributed by atoms with Gasteiger partial charge in [-0.25, -0.2) is 4.79 Å². The van der Waals surface area contributed by atoms with Crippen LogP contribution in [0.25, 0.3) is 11.8 Å². The molecule has 0 radical (unpaired) electrons. The summed E-state index contributed by atoms with van der Waals surface area (Å²) < 4.78 is 18.1. The lowest BCUT2D eigenvalue weighted by Crippen LogP contribution is -2.13. The van der Waals surface area contributed by atoms with E-state index in [4.69, 9.17) is 14.2 Å². The largest absolute Gasteiger partial charge is 0.493 e. The summed E-state index contributed by atoms with van der Waals surface area (Å²) in [5, 5.41) is 0. The second-order valence-corrected chi connectivity index (χ2v) is 6.70. The number of hydrogen-bond acceptors (Lipinski definition) is 5. The Morgan fingerprint density at radius 3 is 2.71 bits per heavy atom. The third-order valence-electron chi connectivity index (χ3n) is 4.74. The van der Waals surface area contributed by atoms with E-state index in [0.717, 1.165) is 31.2 Å². The predicted octanol–water partition coefficient (Wildman–Crippen LogP) is 3.46. The molecular formula is C21H26N2O5. The molecule has 1 aliphatic carbocycles. The molecule has 0 atom stereocenters. The SMILES string of the molecule is CCOC(=O)C/C(=C\n1cc[nH]c1=O)c1ccc(OC)c(OC2CCCC2)c1. The monoisotopic (exact) mass is 386 g/mol. The number of carbonyl (C=O) groups excluding carboxylic acids is 1. The van der Waals surface area contributed by atoms with Gasteiger partial charge in [0.2, 0.25) is 0 Å². The number of aromatic amines is 1. The van der Waals surface area contributed by atoms with Gasteiger partial charge in [0.15, 0.2) is 11.5 Å². The van der Waals surface area contributed by atoms with Gasteiger partial charge in [0.1, 0.15) is 0 Å². The van der Waals surface area contributed by atoms with E-state index in [1.165, 1.54) is 4.57 Å². The first kappa shape index (κ1) is 19.8. The number of nitrogens with zero attached hydrogens (tertiary/aromatic N) is 1. The minimum atomic E-state index is -0.355. The fourth-order valence-corrected chi connectivity index (χ4v) is 3.34. The highest BCUT2D eigenvalue weighted by Crippen LogP contribution is 2.35. The maximum Gasteiger partial charge on any atom is 0.329 e. The summed E-state index contributed by atoms with van der Waals surface area (Å²) in [6.45, 7) is 2.06. The van der Waals surface area contributed by atoms with Crippen molar-refractivity contribution in [2.24, 2.45) is 0 Å². The van der Waals surface area contributed by atoms with Gasteiger partial charge in [-0.3, -0.25) is 9.36 Å². The van der Waals surface area contributed by atoms with E-state index in [-0.39, 0.29) is 24.2 Å². The molecule has 0 unspecified atom stereocenters. The molecule has 1 saturated carbocycles. The maximum atomic E-state index is 12.1. The number of benzene rings is 1. The molecule has 1 heterocycles. The molecule has 7 nitrogen and oxygen atoms in total. The number of hydrogen-bond donors (Lipinski definition) is 1. The molecule has 1 N–H and O–H groups in total. The Morgan fingerprint density at radius 2 is 2.07 bits per heavy atom. The van der Waals surface area contributed by atoms with E-state index < -0.39 is 0 Å². The van der Waals surface area contributed by atoms with E-state index in [2.05, 4.69) is 4.98 Å². The number of esters is 1. The molecule has 1 aliphatic rings. The highest BCUT2D eigenvalue weighted by Gasteiger charge is 2.20. The van der Waals surface area contributed by atoms with Gasteiger partial charge in [0.05, 0.1) is 26.2 Å². The van der Waals surface area contributed by atoms with Gasteiger partial charge in [0.25, 0.3) is 0 Å².